The van der Waals surface area contributed by atoms with Crippen LogP contribution in [0.15, 0.2) is 18.7 Å². The van der Waals surface area contributed by atoms with Gasteiger partial charge in [0.15, 0.2) is 0 Å². The van der Waals surface area contributed by atoms with Gasteiger partial charge in [0.1, 0.15) is 6.33 Å². The van der Waals surface area contributed by atoms with Crippen molar-refractivity contribution in [1.29, 1.82) is 0 Å². The number of rotatable bonds is 5. The van der Waals surface area contributed by atoms with E-state index < -0.39 is 0 Å². The molecule has 1 amide bonds. The van der Waals surface area contributed by atoms with E-state index in [1.807, 2.05) is 4.90 Å². The number of aromatic nitrogens is 2. The second-order valence-corrected chi connectivity index (χ2v) is 5.57. The van der Waals surface area contributed by atoms with Crippen LogP contribution in [0.2, 0.25) is 0 Å². The highest BCUT2D eigenvalue weighted by Crippen LogP contribution is 2.30. The van der Waals surface area contributed by atoms with Gasteiger partial charge in [-0.05, 0) is 38.1 Å². The van der Waals surface area contributed by atoms with Crippen molar-refractivity contribution in [3.05, 3.63) is 24.3 Å². The molecule has 1 aliphatic heterocycles. The van der Waals surface area contributed by atoms with E-state index in [4.69, 9.17) is 0 Å². The van der Waals surface area contributed by atoms with Crippen LogP contribution >= 0.6 is 0 Å². The minimum Gasteiger partial charge on any atom is -0.337 e. The lowest BCUT2D eigenvalue weighted by molar-refractivity contribution is 0.0732. The molecule has 1 atom stereocenters. The lowest BCUT2D eigenvalue weighted by Crippen LogP contribution is -2.42. The summed E-state index contributed by atoms with van der Waals surface area (Å²) < 4.78 is 0. The average molecular weight is 260 g/mol. The zero-order valence-corrected chi connectivity index (χ0v) is 11.1. The highest BCUT2D eigenvalue weighted by Gasteiger charge is 2.29. The molecule has 19 heavy (non-hydrogen) atoms. The van der Waals surface area contributed by atoms with Crippen molar-refractivity contribution in [2.75, 3.05) is 19.6 Å². The Morgan fingerprint density at radius 1 is 1.26 bits per heavy atom. The number of nitrogens with one attached hydrogen (secondary N) is 1. The third-order valence-corrected chi connectivity index (χ3v) is 3.87. The molecule has 1 saturated heterocycles. The van der Waals surface area contributed by atoms with Crippen molar-refractivity contribution >= 4 is 5.91 Å². The topological polar surface area (TPSA) is 58.1 Å². The first-order valence-electron chi connectivity index (χ1n) is 7.10. The van der Waals surface area contributed by atoms with Crippen LogP contribution in [0.4, 0.5) is 0 Å². The van der Waals surface area contributed by atoms with Crippen molar-refractivity contribution in [1.82, 2.24) is 20.2 Å². The van der Waals surface area contributed by atoms with Crippen LogP contribution in [0.25, 0.3) is 0 Å². The Labute approximate surface area is 113 Å². The van der Waals surface area contributed by atoms with Crippen LogP contribution < -0.4 is 5.32 Å². The summed E-state index contributed by atoms with van der Waals surface area (Å²) in [5.74, 6) is 0.774. The first-order chi connectivity index (χ1) is 9.33. The first-order valence-corrected chi connectivity index (χ1v) is 7.10. The lowest BCUT2D eigenvalue weighted by atomic mass is 10.2. The number of hydrogen-bond acceptors (Lipinski definition) is 4. The Morgan fingerprint density at radius 3 is 2.68 bits per heavy atom. The fraction of sp³-hybridized carbons (Fsp3) is 0.643. The van der Waals surface area contributed by atoms with Crippen LogP contribution in [0.1, 0.15) is 36.0 Å². The van der Waals surface area contributed by atoms with Gasteiger partial charge in [-0.3, -0.25) is 4.79 Å². The number of carbonyl (C=O) groups is 1. The van der Waals surface area contributed by atoms with Crippen LogP contribution in [0, 0.1) is 5.92 Å². The Morgan fingerprint density at radius 2 is 2.05 bits per heavy atom. The molecule has 5 heteroatoms. The van der Waals surface area contributed by atoms with E-state index in [1.54, 1.807) is 12.4 Å². The summed E-state index contributed by atoms with van der Waals surface area (Å²) in [6, 6.07) is 0.451. The van der Waals surface area contributed by atoms with E-state index in [-0.39, 0.29) is 5.91 Å². The van der Waals surface area contributed by atoms with Crippen molar-refractivity contribution in [2.45, 2.75) is 31.7 Å². The maximum atomic E-state index is 12.5. The summed E-state index contributed by atoms with van der Waals surface area (Å²) in [6.45, 7) is 2.76. The molecule has 5 nitrogen and oxygen atoms in total. The summed E-state index contributed by atoms with van der Waals surface area (Å²) in [4.78, 5) is 22.4. The number of hydrogen-bond donors (Lipinski definition) is 1. The van der Waals surface area contributed by atoms with Crippen molar-refractivity contribution in [3.8, 4) is 0 Å². The van der Waals surface area contributed by atoms with Crippen LogP contribution in [-0.2, 0) is 0 Å². The normalized spacial score (nSPS) is 22.4. The van der Waals surface area contributed by atoms with E-state index >= 15 is 0 Å². The van der Waals surface area contributed by atoms with Gasteiger partial charge in [-0.2, -0.15) is 0 Å². The molecule has 1 aromatic rings. The molecule has 1 aliphatic carbocycles. The fourth-order valence-electron chi connectivity index (χ4n) is 2.62. The highest BCUT2D eigenvalue weighted by molar-refractivity contribution is 5.93. The van der Waals surface area contributed by atoms with Gasteiger partial charge in [-0.25, -0.2) is 9.97 Å². The van der Waals surface area contributed by atoms with Gasteiger partial charge in [0.05, 0.1) is 5.56 Å². The maximum absolute atomic E-state index is 12.5. The molecule has 1 aromatic heterocycles. The second kappa shape index (κ2) is 5.65. The van der Waals surface area contributed by atoms with Crippen molar-refractivity contribution in [3.63, 3.8) is 0 Å². The average Bonchev–Trinajstić information content (AvgIpc) is 3.12. The van der Waals surface area contributed by atoms with Crippen LogP contribution in [0.3, 0.4) is 0 Å². The fourth-order valence-corrected chi connectivity index (χ4v) is 2.62. The van der Waals surface area contributed by atoms with E-state index in [0.717, 1.165) is 19.6 Å². The number of amides is 1. The van der Waals surface area contributed by atoms with E-state index in [0.29, 0.717) is 17.5 Å². The molecule has 3 rings (SSSR count). The molecule has 2 aliphatic rings. The third-order valence-electron chi connectivity index (χ3n) is 3.87. The molecular formula is C14H20N4O. The van der Waals surface area contributed by atoms with Gasteiger partial charge in [0.2, 0.25) is 0 Å². The zero-order chi connectivity index (χ0) is 13.1. The van der Waals surface area contributed by atoms with Gasteiger partial charge in [0, 0.05) is 31.5 Å². The SMILES string of the molecule is O=C(c1cncnc1)N(CC1CC1)CC1CCCN1. The summed E-state index contributed by atoms with van der Waals surface area (Å²) in [5, 5.41) is 3.46. The lowest BCUT2D eigenvalue weighted by Gasteiger charge is -2.25. The van der Waals surface area contributed by atoms with Crippen molar-refractivity contribution < 1.29 is 4.79 Å². The molecule has 2 heterocycles. The smallest absolute Gasteiger partial charge is 0.257 e. The zero-order valence-electron chi connectivity index (χ0n) is 11.1. The molecule has 1 unspecified atom stereocenters. The quantitative estimate of drug-likeness (QED) is 0.860. The Kier molecular flexibility index (Phi) is 3.73. The number of nitrogens with zero attached hydrogens (tertiary/aromatic N) is 3. The monoisotopic (exact) mass is 260 g/mol. The predicted octanol–water partition coefficient (Wildman–Crippen LogP) is 1.08. The molecular weight excluding hydrogens is 240 g/mol. The first kappa shape index (κ1) is 12.5. The van der Waals surface area contributed by atoms with Crippen LogP contribution in [-0.4, -0.2) is 46.5 Å². The summed E-state index contributed by atoms with van der Waals surface area (Å²) in [6.07, 6.45) is 9.57. The summed E-state index contributed by atoms with van der Waals surface area (Å²) in [5.41, 5.74) is 0.598. The predicted molar refractivity (Wildman–Crippen MR) is 71.7 cm³/mol. The van der Waals surface area contributed by atoms with E-state index in [2.05, 4.69) is 15.3 Å². The molecule has 0 bridgehead atoms. The Hall–Kier alpha value is -1.49. The molecule has 1 N–H and O–H groups in total. The standard InChI is InChI=1S/C14H20N4O/c19-14(12-6-15-10-16-7-12)18(8-11-3-4-11)9-13-2-1-5-17-13/h6-7,10-11,13,17H,1-5,8-9H2. The molecule has 0 spiro atoms. The maximum Gasteiger partial charge on any atom is 0.257 e. The minimum absolute atomic E-state index is 0.0706. The molecule has 0 aromatic carbocycles. The molecule has 1 saturated carbocycles. The van der Waals surface area contributed by atoms with E-state index in [9.17, 15) is 4.79 Å². The summed E-state index contributed by atoms with van der Waals surface area (Å²) >= 11 is 0. The van der Waals surface area contributed by atoms with Gasteiger partial charge in [-0.15, -0.1) is 0 Å². The highest BCUT2D eigenvalue weighted by atomic mass is 16.2. The number of carbonyl (C=O) groups excluding carboxylic acids is 1. The van der Waals surface area contributed by atoms with Gasteiger partial charge >= 0.3 is 0 Å². The minimum atomic E-state index is 0.0706. The Balaban J connectivity index is 1.68. The van der Waals surface area contributed by atoms with Gasteiger partial charge < -0.3 is 10.2 Å². The molecule has 102 valence electrons. The largest absolute Gasteiger partial charge is 0.337 e. The van der Waals surface area contributed by atoms with Crippen molar-refractivity contribution in [2.24, 2.45) is 5.92 Å². The van der Waals surface area contributed by atoms with Gasteiger partial charge in [0.25, 0.3) is 5.91 Å². The second-order valence-electron chi connectivity index (χ2n) is 5.57. The molecule has 0 radical (unpaired) electrons. The van der Waals surface area contributed by atoms with Crippen LogP contribution in [0.5, 0.6) is 0 Å². The van der Waals surface area contributed by atoms with Gasteiger partial charge in [-0.1, -0.05) is 0 Å². The molecule has 2 fully saturated rings. The Bertz CT molecular complexity index is 426. The van der Waals surface area contributed by atoms with E-state index in [1.165, 1.54) is 32.0 Å². The third kappa shape index (κ3) is 3.29. The summed E-state index contributed by atoms with van der Waals surface area (Å²) in [7, 11) is 0.